The van der Waals surface area contributed by atoms with E-state index in [9.17, 15) is 0 Å². The number of aryl methyl sites for hydroxylation is 4. The van der Waals surface area contributed by atoms with Crippen molar-refractivity contribution in [2.75, 3.05) is 0 Å². The summed E-state index contributed by atoms with van der Waals surface area (Å²) >= 11 is 11.1. The fourth-order valence-corrected chi connectivity index (χ4v) is 4.63. The van der Waals surface area contributed by atoms with Crippen LogP contribution in [-0.4, -0.2) is 30.3 Å². The zero-order valence-electron chi connectivity index (χ0n) is 31.1. The Balaban J connectivity index is -0.000000567. The molecule has 0 bridgehead atoms. The van der Waals surface area contributed by atoms with Gasteiger partial charge in [0.2, 0.25) is 0 Å². The van der Waals surface area contributed by atoms with Gasteiger partial charge in [-0.1, -0.05) is 76.3 Å². The molecule has 0 aromatic carbocycles. The summed E-state index contributed by atoms with van der Waals surface area (Å²) in [4.78, 5) is 22.1. The third-order valence-corrected chi connectivity index (χ3v) is 6.65. The number of isothiocyanates is 2. The molecule has 6 aromatic heterocycles. The van der Waals surface area contributed by atoms with Gasteiger partial charge in [-0.05, 0) is 100 Å². The summed E-state index contributed by atoms with van der Waals surface area (Å²) in [6, 6.07) is 27.4. The molecule has 0 N–H and O–H groups in total. The van der Waals surface area contributed by atoms with Crippen LogP contribution in [0.2, 0.25) is 0 Å². The quantitative estimate of drug-likeness (QED) is 0.0981. The Hall–Kier alpha value is -3.78. The maximum Gasteiger partial charge on any atom is 2.00 e. The van der Waals surface area contributed by atoms with Crippen LogP contribution in [0.1, 0.15) is 49.9 Å². The Labute approximate surface area is 327 Å². The molecule has 6 heterocycles. The van der Waals surface area contributed by atoms with Gasteiger partial charge in [0.25, 0.3) is 0 Å². The van der Waals surface area contributed by atoms with Gasteiger partial charge in [0.1, 0.15) is 0 Å². The maximum absolute atomic E-state index is 7.42. The molecule has 0 spiro atoms. The molecule has 11 heteroatoms. The van der Waals surface area contributed by atoms with Crippen molar-refractivity contribution in [3.63, 3.8) is 0 Å². The van der Waals surface area contributed by atoms with Crippen LogP contribution in [0.4, 0.5) is 0 Å². The van der Waals surface area contributed by atoms with Crippen LogP contribution < -0.4 is 0 Å². The number of hydrogen-bond acceptors (Lipinski definition) is 8. The Kier molecular flexibility index (Phi) is 32.8. The summed E-state index contributed by atoms with van der Waals surface area (Å²) in [6.45, 7) is 16.5. The van der Waals surface area contributed by atoms with E-state index < -0.39 is 0 Å². The van der Waals surface area contributed by atoms with Crippen LogP contribution in [0.3, 0.4) is 0 Å². The number of thiocarbonyl (C=S) groups is 2. The largest absolute Gasteiger partial charge is 2.00 e. The minimum Gasteiger partial charge on any atom is -0.753 e. The van der Waals surface area contributed by atoms with Crippen molar-refractivity contribution in [2.24, 2.45) is 0 Å². The van der Waals surface area contributed by atoms with E-state index in [1.165, 1.54) is 29.8 Å². The minimum absolute atomic E-state index is 0. The Morgan fingerprint density at radius 3 is 0.918 bits per heavy atom. The fourth-order valence-electron chi connectivity index (χ4n) is 3.07. The van der Waals surface area contributed by atoms with Crippen LogP contribution in [0, 0.1) is 27.7 Å². The number of hydrogen-bond donors (Lipinski definition) is 0. The molecule has 0 saturated carbocycles. The molecule has 0 aliphatic heterocycles. The summed E-state index contributed by atoms with van der Waals surface area (Å²) in [5.41, 5.74) is 3.09. The monoisotopic (exact) mass is 816 g/mol. The summed E-state index contributed by atoms with van der Waals surface area (Å²) in [5.74, 6) is 0. The first kappa shape index (κ1) is 45.2. The molecular formula is C38H44N6RuS4. The molecule has 0 unspecified atom stereocenters. The molecule has 0 atom stereocenters. The van der Waals surface area contributed by atoms with Gasteiger partial charge in [-0.25, -0.2) is 0 Å². The average molecular weight is 816 g/mol. The van der Waals surface area contributed by atoms with Crippen LogP contribution >= 0.6 is 47.1 Å². The number of rotatable bonds is 2. The van der Waals surface area contributed by atoms with Crippen LogP contribution in [-0.2, 0) is 19.5 Å². The Morgan fingerprint density at radius 2 is 0.735 bits per heavy atom. The van der Waals surface area contributed by atoms with Crippen molar-refractivity contribution in [1.29, 1.82) is 0 Å². The molecule has 6 rings (SSSR count). The average Bonchev–Trinajstić information content (AvgIpc) is 3.72. The Morgan fingerprint density at radius 1 is 0.490 bits per heavy atom. The van der Waals surface area contributed by atoms with Crippen molar-refractivity contribution in [2.45, 2.75) is 55.4 Å². The van der Waals surface area contributed by atoms with E-state index in [0.717, 1.165) is 11.4 Å². The first-order chi connectivity index (χ1) is 24.1. The normalized spacial score (nSPS) is 8.57. The zero-order chi connectivity index (χ0) is 38.2. The summed E-state index contributed by atoms with van der Waals surface area (Å²) in [5, 5.41) is 16.9. The number of pyridine rings is 4. The smallest absolute Gasteiger partial charge is 0.753 e. The molecule has 0 radical (unpaired) electrons. The third kappa shape index (κ3) is 26.8. The van der Waals surface area contributed by atoms with Gasteiger partial charge in [0.15, 0.2) is 0 Å². The van der Waals surface area contributed by atoms with E-state index in [4.69, 9.17) is 13.6 Å². The van der Waals surface area contributed by atoms with E-state index >= 15 is 0 Å². The number of thiophene rings is 2. The van der Waals surface area contributed by atoms with Crippen molar-refractivity contribution in [1.82, 2.24) is 19.9 Å². The van der Waals surface area contributed by atoms with Crippen molar-refractivity contribution in [3.8, 4) is 22.8 Å². The first-order valence-electron chi connectivity index (χ1n) is 15.9. The third-order valence-electron chi connectivity index (χ3n) is 4.81. The minimum atomic E-state index is 0. The Bertz CT molecular complexity index is 1610. The molecule has 0 fully saturated rings. The second-order valence-corrected chi connectivity index (χ2v) is 11.6. The number of aromatic nitrogens is 4. The standard InChI is InChI=1S/2C10H8N2.2C6H8S.2C2H6.2CNS.Ru/c2*1-3-7-11-9(5-1)10-6-2-4-8-12-10;2*1-5-3-4-6(2)7-5;2*1-2;2*2-1-3;/h2*1-8H;2*3-4H,1-2H3;2*1-2H3;;;/q;;;;;;2*-1;+2/i1D,2D;;;;;;;;. The topological polar surface area (TPSA) is 96.2 Å². The van der Waals surface area contributed by atoms with Gasteiger partial charge < -0.3 is 10.8 Å². The molecule has 0 aliphatic rings. The molecule has 49 heavy (non-hydrogen) atoms. The second-order valence-electron chi connectivity index (χ2n) is 8.21. The molecule has 6 aromatic rings. The summed E-state index contributed by atoms with van der Waals surface area (Å²) in [6.07, 6.45) is 6.67. The van der Waals surface area contributed by atoms with Gasteiger partial charge in [0, 0.05) is 44.3 Å². The summed E-state index contributed by atoms with van der Waals surface area (Å²) in [7, 11) is 0. The predicted molar refractivity (Wildman–Crippen MR) is 217 cm³/mol. The molecule has 0 aliphatic carbocycles. The van der Waals surface area contributed by atoms with Gasteiger partial charge in [-0.2, -0.15) is 10.3 Å². The van der Waals surface area contributed by atoms with Gasteiger partial charge in [-0.3, -0.25) is 19.9 Å². The molecule has 258 valence electrons. The summed E-state index contributed by atoms with van der Waals surface area (Å²) < 4.78 is 14.8. The molecular weight excluding hydrogens is 770 g/mol. The maximum atomic E-state index is 7.42. The van der Waals surface area contributed by atoms with Crippen molar-refractivity contribution >= 4 is 57.4 Å². The van der Waals surface area contributed by atoms with Crippen molar-refractivity contribution in [3.05, 3.63) is 152 Å². The fraction of sp³-hybridized carbons (Fsp3) is 0.211. The number of nitrogens with zero attached hydrogens (tertiary/aromatic N) is 6. The van der Waals surface area contributed by atoms with E-state index in [0.29, 0.717) is 23.5 Å². The van der Waals surface area contributed by atoms with Gasteiger partial charge >= 0.3 is 19.5 Å². The van der Waals surface area contributed by atoms with E-state index in [1.54, 1.807) is 49.1 Å². The van der Waals surface area contributed by atoms with Crippen LogP contribution in [0.15, 0.2) is 122 Å². The second kappa shape index (κ2) is 35.5. The van der Waals surface area contributed by atoms with Gasteiger partial charge in [-0.15, -0.1) is 22.7 Å². The SMILES string of the molecule is CC.CC.Cc1ccc(C)s1.Cc1ccc(C)s1.[2H]c1ccnc(-c2cc([2H])ccn2)c1.[N-]=C=S.[N-]=C=S.[Ru+2].c1ccc(-c2ccccn2)nc1. The molecule has 6 nitrogen and oxygen atoms in total. The zero-order valence-corrected chi connectivity index (χ0v) is 34.1. The predicted octanol–water partition coefficient (Wildman–Crippen LogP) is 12.4. The van der Waals surface area contributed by atoms with Crippen molar-refractivity contribution < 1.29 is 22.2 Å². The van der Waals surface area contributed by atoms with Crippen LogP contribution in [0.5, 0.6) is 0 Å². The molecule has 0 amide bonds. The van der Waals surface area contributed by atoms with E-state index in [2.05, 4.69) is 96.3 Å². The molecule has 0 saturated heterocycles. The first-order valence-corrected chi connectivity index (χ1v) is 17.3. The van der Waals surface area contributed by atoms with Gasteiger partial charge in [0.05, 0.1) is 25.5 Å². The van der Waals surface area contributed by atoms with Crippen LogP contribution in [0.25, 0.3) is 33.6 Å². The van der Waals surface area contributed by atoms with E-state index in [1.807, 2.05) is 86.8 Å². The van der Waals surface area contributed by atoms with E-state index in [-0.39, 0.29) is 19.5 Å².